The van der Waals surface area contributed by atoms with Crippen molar-refractivity contribution in [3.05, 3.63) is 66.7 Å². The van der Waals surface area contributed by atoms with E-state index in [0.29, 0.717) is 35.1 Å². The van der Waals surface area contributed by atoms with Crippen LogP contribution in [0.5, 0.6) is 11.8 Å². The maximum absolute atomic E-state index is 12.5. The van der Waals surface area contributed by atoms with E-state index < -0.39 is 6.03 Å². The molecule has 2 saturated carbocycles. The van der Waals surface area contributed by atoms with Gasteiger partial charge in [0, 0.05) is 47.1 Å². The Morgan fingerprint density at radius 1 is 1.03 bits per heavy atom. The molecule has 5 N–H and O–H groups in total. The largest absolute Gasteiger partial charge is 0.424 e. The molecule has 0 atom stereocenters. The summed E-state index contributed by atoms with van der Waals surface area (Å²) in [5.41, 5.74) is 11.1. The molecule has 11 heteroatoms. The van der Waals surface area contributed by atoms with Crippen LogP contribution in [0.4, 0.5) is 22.1 Å². The molecular formula is C28H27N9O2. The number of nitrogens with two attached hydrogens (primary N) is 1. The molecule has 7 rings (SSSR count). The van der Waals surface area contributed by atoms with Crippen molar-refractivity contribution in [2.45, 2.75) is 44.1 Å². The Balaban J connectivity index is 1.15. The molecule has 0 spiro atoms. The molecule has 39 heavy (non-hydrogen) atoms. The number of carbonyl (C=O) groups is 1. The molecular weight excluding hydrogens is 494 g/mol. The van der Waals surface area contributed by atoms with Gasteiger partial charge in [-0.05, 0) is 62.4 Å². The molecule has 2 aromatic carbocycles. The number of rotatable bonds is 7. The number of nitrogens with one attached hydrogen (secondary N) is 3. The number of aromatic nitrogens is 6. The predicted octanol–water partition coefficient (Wildman–Crippen LogP) is 5.84. The van der Waals surface area contributed by atoms with Crippen molar-refractivity contribution < 1.29 is 9.53 Å². The van der Waals surface area contributed by atoms with Crippen LogP contribution in [0.25, 0.3) is 22.2 Å². The van der Waals surface area contributed by atoms with Crippen LogP contribution in [0, 0.1) is 0 Å². The van der Waals surface area contributed by atoms with Gasteiger partial charge in [0.15, 0.2) is 0 Å². The van der Waals surface area contributed by atoms with E-state index in [9.17, 15) is 4.79 Å². The molecule has 2 fully saturated rings. The predicted molar refractivity (Wildman–Crippen MR) is 148 cm³/mol. The summed E-state index contributed by atoms with van der Waals surface area (Å²) >= 11 is 0. The van der Waals surface area contributed by atoms with E-state index in [1.54, 1.807) is 18.5 Å². The number of nitrogen functional groups attached to an aromatic ring is 1. The third-order valence-corrected chi connectivity index (χ3v) is 7.31. The van der Waals surface area contributed by atoms with Gasteiger partial charge < -0.3 is 20.4 Å². The minimum absolute atomic E-state index is 0.269. The lowest BCUT2D eigenvalue weighted by Crippen LogP contribution is -2.20. The molecule has 2 aliphatic rings. The highest BCUT2D eigenvalue weighted by Gasteiger charge is 2.28. The molecule has 5 aromatic rings. The maximum atomic E-state index is 12.5. The van der Waals surface area contributed by atoms with Crippen molar-refractivity contribution in [2.24, 2.45) is 0 Å². The SMILES string of the molecule is Nc1c(-c2ccc(NC(=O)Nc3n[nH]c(C4CC4)n3)cc2)n(C2CCC2)c2cc(Oc3ncccn3)ccc12. The van der Waals surface area contributed by atoms with Crippen molar-refractivity contribution in [1.82, 2.24) is 29.7 Å². The van der Waals surface area contributed by atoms with Crippen LogP contribution in [0.15, 0.2) is 60.9 Å². The highest BCUT2D eigenvalue weighted by Crippen LogP contribution is 2.45. The van der Waals surface area contributed by atoms with Gasteiger partial charge in [-0.15, -0.1) is 5.10 Å². The third kappa shape index (κ3) is 4.52. The number of nitrogens with zero attached hydrogens (tertiary/aromatic N) is 5. The summed E-state index contributed by atoms with van der Waals surface area (Å²) in [7, 11) is 0. The molecule has 0 aliphatic heterocycles. The second-order valence-electron chi connectivity index (χ2n) is 10.0. The molecule has 2 aliphatic carbocycles. The van der Waals surface area contributed by atoms with Crippen LogP contribution in [-0.2, 0) is 0 Å². The summed E-state index contributed by atoms with van der Waals surface area (Å²) in [6.45, 7) is 0. The van der Waals surface area contributed by atoms with Gasteiger partial charge in [-0.1, -0.05) is 12.1 Å². The van der Waals surface area contributed by atoms with Gasteiger partial charge in [-0.2, -0.15) is 4.98 Å². The molecule has 3 heterocycles. The van der Waals surface area contributed by atoms with Gasteiger partial charge in [-0.3, -0.25) is 10.4 Å². The first-order chi connectivity index (χ1) is 19.1. The second kappa shape index (κ2) is 9.43. The molecule has 3 aromatic heterocycles. The first-order valence-corrected chi connectivity index (χ1v) is 13.1. The fourth-order valence-electron chi connectivity index (χ4n) is 4.99. The van der Waals surface area contributed by atoms with E-state index in [-0.39, 0.29) is 5.95 Å². The zero-order valence-corrected chi connectivity index (χ0v) is 21.1. The molecule has 0 radical (unpaired) electrons. The number of fused-ring (bicyclic) bond motifs is 1. The van der Waals surface area contributed by atoms with E-state index in [0.717, 1.165) is 53.7 Å². The second-order valence-corrected chi connectivity index (χ2v) is 10.0. The summed E-state index contributed by atoms with van der Waals surface area (Å²) in [5, 5.41) is 13.5. The number of hydrogen-bond donors (Lipinski definition) is 4. The first kappa shape index (κ1) is 23.2. The summed E-state index contributed by atoms with van der Waals surface area (Å²) in [5.74, 6) is 2.18. The van der Waals surface area contributed by atoms with Crippen molar-refractivity contribution in [1.29, 1.82) is 0 Å². The van der Waals surface area contributed by atoms with Gasteiger partial charge in [0.25, 0.3) is 0 Å². The van der Waals surface area contributed by atoms with Crippen LogP contribution >= 0.6 is 0 Å². The zero-order chi connectivity index (χ0) is 26.3. The maximum Gasteiger partial charge on any atom is 0.326 e. The normalized spacial score (nSPS) is 15.2. The van der Waals surface area contributed by atoms with Gasteiger partial charge in [0.05, 0.1) is 16.9 Å². The number of amides is 2. The van der Waals surface area contributed by atoms with Crippen LogP contribution in [-0.4, -0.2) is 35.7 Å². The Bertz CT molecular complexity index is 1650. The molecule has 0 unspecified atom stereocenters. The smallest absolute Gasteiger partial charge is 0.326 e. The van der Waals surface area contributed by atoms with Crippen LogP contribution in [0.1, 0.15) is 49.9 Å². The number of anilines is 3. The van der Waals surface area contributed by atoms with Crippen molar-refractivity contribution in [3.8, 4) is 23.0 Å². The minimum atomic E-state index is -0.401. The number of aromatic amines is 1. The Kier molecular flexibility index (Phi) is 5.61. The standard InChI is InChI=1S/C28H27N9O2/c29-23-21-12-11-20(39-28-30-13-2-14-31-28)15-22(21)37(19-3-1-4-19)24(23)16-7-9-18(10-8-16)32-27(38)34-26-33-25(35-36-26)17-5-6-17/h2,7-15,17,19H,1,3-6,29H2,(H3,32,33,34,35,36,38). The van der Waals surface area contributed by atoms with E-state index in [1.807, 2.05) is 42.5 Å². The highest BCUT2D eigenvalue weighted by molar-refractivity contribution is 6.02. The quantitative estimate of drug-likeness (QED) is 0.210. The summed E-state index contributed by atoms with van der Waals surface area (Å²) in [6, 6.07) is 15.6. The number of carbonyl (C=O) groups excluding carboxylic acids is 1. The summed E-state index contributed by atoms with van der Waals surface area (Å²) in [6.07, 6.45) is 8.87. The molecule has 11 nitrogen and oxygen atoms in total. The first-order valence-electron chi connectivity index (χ1n) is 13.1. The fourth-order valence-corrected chi connectivity index (χ4v) is 4.99. The lowest BCUT2D eigenvalue weighted by molar-refractivity contribution is 0.262. The van der Waals surface area contributed by atoms with Gasteiger partial charge >= 0.3 is 12.0 Å². The van der Waals surface area contributed by atoms with E-state index in [1.165, 1.54) is 6.42 Å². The Morgan fingerprint density at radius 3 is 2.54 bits per heavy atom. The topological polar surface area (TPSA) is 149 Å². The average molecular weight is 522 g/mol. The Morgan fingerprint density at radius 2 is 1.82 bits per heavy atom. The number of ether oxygens (including phenoxy) is 1. The number of urea groups is 1. The molecule has 196 valence electrons. The van der Waals surface area contributed by atoms with Crippen LogP contribution < -0.4 is 21.1 Å². The van der Waals surface area contributed by atoms with Crippen molar-refractivity contribution >= 4 is 34.3 Å². The molecule has 0 saturated heterocycles. The third-order valence-electron chi connectivity index (χ3n) is 7.31. The highest BCUT2D eigenvalue weighted by atomic mass is 16.5. The van der Waals surface area contributed by atoms with Crippen molar-refractivity contribution in [2.75, 3.05) is 16.4 Å². The van der Waals surface area contributed by atoms with Crippen LogP contribution in [0.2, 0.25) is 0 Å². The number of H-pyrrole nitrogens is 1. The van der Waals surface area contributed by atoms with Gasteiger partial charge in [0.1, 0.15) is 11.6 Å². The molecule has 0 bridgehead atoms. The summed E-state index contributed by atoms with van der Waals surface area (Å²) < 4.78 is 8.23. The molecule has 2 amide bonds. The fraction of sp³-hybridized carbons (Fsp3) is 0.250. The Hall–Kier alpha value is -4.93. The monoisotopic (exact) mass is 521 g/mol. The lowest BCUT2D eigenvalue weighted by atomic mass is 9.92. The van der Waals surface area contributed by atoms with Gasteiger partial charge in [0.2, 0.25) is 5.95 Å². The van der Waals surface area contributed by atoms with Crippen LogP contribution in [0.3, 0.4) is 0 Å². The van der Waals surface area contributed by atoms with Gasteiger partial charge in [-0.25, -0.2) is 14.8 Å². The zero-order valence-electron chi connectivity index (χ0n) is 21.1. The summed E-state index contributed by atoms with van der Waals surface area (Å²) in [4.78, 5) is 25.2. The number of benzene rings is 2. The Labute approximate surface area is 223 Å². The van der Waals surface area contributed by atoms with E-state index in [2.05, 4.69) is 40.3 Å². The van der Waals surface area contributed by atoms with E-state index in [4.69, 9.17) is 10.5 Å². The number of hydrogen-bond acceptors (Lipinski definition) is 7. The lowest BCUT2D eigenvalue weighted by Gasteiger charge is -2.30. The van der Waals surface area contributed by atoms with E-state index >= 15 is 0 Å². The van der Waals surface area contributed by atoms with Crippen molar-refractivity contribution in [3.63, 3.8) is 0 Å². The minimum Gasteiger partial charge on any atom is -0.424 e. The average Bonchev–Trinajstić information content (AvgIpc) is 3.60.